The van der Waals surface area contributed by atoms with Crippen LogP contribution >= 0.6 is 0 Å². The van der Waals surface area contributed by atoms with Gasteiger partial charge in [0.25, 0.3) is 5.91 Å². The summed E-state index contributed by atoms with van der Waals surface area (Å²) in [5.41, 5.74) is 0.942. The number of rotatable bonds is 4. The number of aromatic nitrogens is 3. The first-order chi connectivity index (χ1) is 12.7. The third-order valence-electron chi connectivity index (χ3n) is 3.58. The minimum atomic E-state index is -0.420. The number of aryl methyl sites for hydroxylation is 1. The van der Waals surface area contributed by atoms with Crippen LogP contribution in [0.1, 0.15) is 16.2 Å². The van der Waals surface area contributed by atoms with Gasteiger partial charge in [0, 0.05) is 17.8 Å². The van der Waals surface area contributed by atoms with Crippen molar-refractivity contribution in [1.82, 2.24) is 15.4 Å². The fourth-order valence-corrected chi connectivity index (χ4v) is 2.39. The third kappa shape index (κ3) is 3.41. The zero-order valence-corrected chi connectivity index (χ0v) is 13.9. The maximum Gasteiger partial charge on any atom is 0.277 e. The maximum atomic E-state index is 12.1. The molecule has 2 N–H and O–H groups in total. The van der Waals surface area contributed by atoms with Gasteiger partial charge in [-0.3, -0.25) is 4.79 Å². The molecule has 0 saturated carbocycles. The molecule has 0 bridgehead atoms. The molecule has 0 saturated heterocycles. The first-order valence-electron chi connectivity index (χ1n) is 7.92. The van der Waals surface area contributed by atoms with Gasteiger partial charge in [-0.15, -0.1) is 10.2 Å². The molecule has 4 rings (SSSR count). The van der Waals surface area contributed by atoms with E-state index < -0.39 is 5.91 Å². The molecule has 132 valence electrons. The Morgan fingerprint density at radius 1 is 1.00 bits per heavy atom. The molecule has 9 heteroatoms. The molecule has 0 fully saturated rings. The molecule has 0 aliphatic carbocycles. The van der Waals surface area contributed by atoms with Crippen LogP contribution in [0.3, 0.4) is 0 Å². The first-order valence-corrected chi connectivity index (χ1v) is 7.92. The van der Waals surface area contributed by atoms with Crippen LogP contribution in [0.25, 0.3) is 0 Å². The minimum Gasteiger partial charge on any atom is -0.486 e. The fourth-order valence-electron chi connectivity index (χ4n) is 2.39. The molecule has 3 aromatic rings. The van der Waals surface area contributed by atoms with Crippen molar-refractivity contribution in [2.75, 3.05) is 23.8 Å². The van der Waals surface area contributed by atoms with Crippen molar-refractivity contribution >= 4 is 23.2 Å². The summed E-state index contributed by atoms with van der Waals surface area (Å²) in [7, 11) is 0. The second kappa shape index (κ2) is 6.71. The number of anilines is 3. The number of nitrogens with zero attached hydrogens (tertiary/aromatic N) is 3. The molecule has 1 amide bonds. The molecule has 0 spiro atoms. The van der Waals surface area contributed by atoms with Gasteiger partial charge in [0.2, 0.25) is 0 Å². The molecule has 0 unspecified atom stereocenters. The smallest absolute Gasteiger partial charge is 0.277 e. The highest BCUT2D eigenvalue weighted by atomic mass is 16.6. The number of nitrogens with one attached hydrogen (secondary N) is 2. The van der Waals surface area contributed by atoms with Crippen molar-refractivity contribution < 1.29 is 18.8 Å². The zero-order valence-electron chi connectivity index (χ0n) is 13.9. The number of ether oxygens (including phenoxy) is 2. The number of fused-ring (bicyclic) bond motifs is 1. The molecule has 26 heavy (non-hydrogen) atoms. The Hall–Kier alpha value is -3.62. The lowest BCUT2D eigenvalue weighted by molar-refractivity contribution is 0.102. The fraction of sp³-hybridized carbons (Fsp3) is 0.176. The van der Waals surface area contributed by atoms with E-state index in [1.165, 1.54) is 0 Å². The lowest BCUT2D eigenvalue weighted by atomic mass is 10.2. The van der Waals surface area contributed by atoms with E-state index in [9.17, 15) is 4.79 Å². The highest BCUT2D eigenvalue weighted by molar-refractivity contribution is 6.02. The number of carbonyl (C=O) groups is 1. The zero-order chi connectivity index (χ0) is 17.9. The molecule has 0 atom stereocenters. The average Bonchev–Trinajstić information content (AvgIpc) is 3.07. The standard InChI is InChI=1S/C17H15N5O4/c1-10-8-16(22-26-10)19-17(23)12-3-5-15(21-20-12)18-11-2-4-13-14(9-11)25-7-6-24-13/h2-5,8-9H,6-7H2,1H3,(H,18,21)(H,19,22,23). The second-order valence-electron chi connectivity index (χ2n) is 5.56. The number of hydrogen-bond donors (Lipinski definition) is 2. The van der Waals surface area contributed by atoms with Crippen LogP contribution in [0, 0.1) is 6.92 Å². The van der Waals surface area contributed by atoms with Gasteiger partial charge in [-0.2, -0.15) is 0 Å². The quantitative estimate of drug-likeness (QED) is 0.736. The summed E-state index contributed by atoms with van der Waals surface area (Å²) in [6.07, 6.45) is 0. The Morgan fingerprint density at radius 3 is 2.58 bits per heavy atom. The molecule has 9 nitrogen and oxygen atoms in total. The van der Waals surface area contributed by atoms with Crippen molar-refractivity contribution in [2.45, 2.75) is 6.92 Å². The van der Waals surface area contributed by atoms with Crippen LogP contribution < -0.4 is 20.1 Å². The average molecular weight is 353 g/mol. The Kier molecular flexibility index (Phi) is 4.10. The van der Waals surface area contributed by atoms with Gasteiger partial charge in [-0.1, -0.05) is 5.16 Å². The normalized spacial score (nSPS) is 12.5. The molecule has 2 aromatic heterocycles. The molecular weight excluding hydrogens is 338 g/mol. The third-order valence-corrected chi connectivity index (χ3v) is 3.58. The monoisotopic (exact) mass is 353 g/mol. The summed E-state index contributed by atoms with van der Waals surface area (Å²) < 4.78 is 15.9. The van der Waals surface area contributed by atoms with Crippen LogP contribution in [-0.4, -0.2) is 34.5 Å². The van der Waals surface area contributed by atoms with Crippen molar-refractivity contribution in [2.24, 2.45) is 0 Å². The number of carbonyl (C=O) groups excluding carboxylic acids is 1. The number of hydrogen-bond acceptors (Lipinski definition) is 8. The molecule has 1 aliphatic heterocycles. The summed E-state index contributed by atoms with van der Waals surface area (Å²) in [6, 6.07) is 10.3. The summed E-state index contributed by atoms with van der Waals surface area (Å²) in [4.78, 5) is 12.1. The lowest BCUT2D eigenvalue weighted by Crippen LogP contribution is -2.15. The van der Waals surface area contributed by atoms with Gasteiger partial charge >= 0.3 is 0 Å². The van der Waals surface area contributed by atoms with E-state index in [1.807, 2.05) is 18.2 Å². The van der Waals surface area contributed by atoms with E-state index in [0.717, 1.165) is 5.69 Å². The van der Waals surface area contributed by atoms with Gasteiger partial charge in [0.1, 0.15) is 19.0 Å². The van der Waals surface area contributed by atoms with Crippen LogP contribution in [0.4, 0.5) is 17.3 Å². The SMILES string of the molecule is Cc1cc(NC(=O)c2ccc(Nc3ccc4c(c3)OCCO4)nn2)no1. The van der Waals surface area contributed by atoms with Gasteiger partial charge in [0.15, 0.2) is 28.8 Å². The Morgan fingerprint density at radius 2 is 1.85 bits per heavy atom. The van der Waals surface area contributed by atoms with E-state index in [0.29, 0.717) is 42.1 Å². The largest absolute Gasteiger partial charge is 0.486 e. The van der Waals surface area contributed by atoms with Crippen LogP contribution in [0.15, 0.2) is 40.9 Å². The summed E-state index contributed by atoms with van der Waals surface area (Å²) in [6.45, 7) is 2.80. The van der Waals surface area contributed by atoms with E-state index >= 15 is 0 Å². The predicted octanol–water partition coefficient (Wildman–Crippen LogP) is 2.54. The lowest BCUT2D eigenvalue weighted by Gasteiger charge is -2.19. The number of amides is 1. The minimum absolute atomic E-state index is 0.165. The van der Waals surface area contributed by atoms with Crippen molar-refractivity contribution in [3.8, 4) is 11.5 Å². The Balaban J connectivity index is 1.43. The Bertz CT molecular complexity index is 939. The first kappa shape index (κ1) is 15.9. The molecular formula is C17H15N5O4. The van der Waals surface area contributed by atoms with Crippen LogP contribution in [0.5, 0.6) is 11.5 Å². The highest BCUT2D eigenvalue weighted by Gasteiger charge is 2.13. The molecule has 0 radical (unpaired) electrons. The van der Waals surface area contributed by atoms with Crippen LogP contribution in [-0.2, 0) is 0 Å². The van der Waals surface area contributed by atoms with Gasteiger partial charge in [0.05, 0.1) is 0 Å². The van der Waals surface area contributed by atoms with Gasteiger partial charge in [-0.25, -0.2) is 0 Å². The van der Waals surface area contributed by atoms with Gasteiger partial charge < -0.3 is 24.6 Å². The van der Waals surface area contributed by atoms with Crippen molar-refractivity contribution in [3.63, 3.8) is 0 Å². The Labute approximate surface area is 148 Å². The summed E-state index contributed by atoms with van der Waals surface area (Å²) in [5, 5.41) is 17.3. The van der Waals surface area contributed by atoms with Gasteiger partial charge in [-0.05, 0) is 31.2 Å². The van der Waals surface area contributed by atoms with E-state index in [1.54, 1.807) is 25.1 Å². The molecule has 1 aromatic carbocycles. The van der Waals surface area contributed by atoms with Crippen molar-refractivity contribution in [3.05, 3.63) is 47.9 Å². The van der Waals surface area contributed by atoms with Crippen LogP contribution in [0.2, 0.25) is 0 Å². The molecule has 3 heterocycles. The van der Waals surface area contributed by atoms with E-state index in [-0.39, 0.29) is 5.69 Å². The van der Waals surface area contributed by atoms with E-state index in [2.05, 4.69) is 26.0 Å². The second-order valence-corrected chi connectivity index (χ2v) is 5.56. The predicted molar refractivity (Wildman–Crippen MR) is 91.9 cm³/mol. The van der Waals surface area contributed by atoms with Crippen molar-refractivity contribution in [1.29, 1.82) is 0 Å². The topological polar surface area (TPSA) is 111 Å². The summed E-state index contributed by atoms with van der Waals surface area (Å²) in [5.74, 6) is 2.39. The van der Waals surface area contributed by atoms with E-state index in [4.69, 9.17) is 14.0 Å². The maximum absolute atomic E-state index is 12.1. The summed E-state index contributed by atoms with van der Waals surface area (Å²) >= 11 is 0. The number of benzene rings is 1. The highest BCUT2D eigenvalue weighted by Crippen LogP contribution is 2.33. The molecule has 1 aliphatic rings.